The summed E-state index contributed by atoms with van der Waals surface area (Å²) in [7, 11) is 0. The predicted octanol–water partition coefficient (Wildman–Crippen LogP) is 4.45. The molecule has 0 fully saturated rings. The minimum absolute atomic E-state index is 0.375. The first-order valence-electron chi connectivity index (χ1n) is 6.06. The molecule has 1 atom stereocenters. The molecule has 4 heteroatoms. The summed E-state index contributed by atoms with van der Waals surface area (Å²) in [6, 6.07) is 9.40. The summed E-state index contributed by atoms with van der Waals surface area (Å²) in [5.74, 6) is 2.32. The molecule has 98 valence electrons. The average Bonchev–Trinajstić information content (AvgIpc) is 2.93. The fourth-order valence-corrected chi connectivity index (χ4v) is 2.60. The highest BCUT2D eigenvalue weighted by atomic mass is 79.9. The number of fused-ring (bicyclic) bond motifs is 1. The minimum Gasteiger partial charge on any atom is -0.464 e. The SMILES string of the molecule is Cc1ccc(C(N)c2oc3cc(Br)ccc3c2C)o1. The number of benzene rings is 1. The number of rotatable bonds is 2. The van der Waals surface area contributed by atoms with Crippen molar-refractivity contribution >= 4 is 26.9 Å². The Balaban J connectivity index is 2.12. The van der Waals surface area contributed by atoms with Gasteiger partial charge in [-0.05, 0) is 44.2 Å². The number of furan rings is 2. The third-order valence-electron chi connectivity index (χ3n) is 3.29. The van der Waals surface area contributed by atoms with Crippen molar-refractivity contribution in [1.82, 2.24) is 0 Å². The van der Waals surface area contributed by atoms with Gasteiger partial charge in [-0.2, -0.15) is 0 Å². The summed E-state index contributed by atoms with van der Waals surface area (Å²) >= 11 is 3.44. The number of hydrogen-bond acceptors (Lipinski definition) is 3. The molecule has 19 heavy (non-hydrogen) atoms. The zero-order valence-electron chi connectivity index (χ0n) is 10.7. The molecule has 0 amide bonds. The predicted molar refractivity (Wildman–Crippen MR) is 78.1 cm³/mol. The molecule has 1 unspecified atom stereocenters. The molecular formula is C15H14BrNO2. The summed E-state index contributed by atoms with van der Waals surface area (Å²) in [4.78, 5) is 0. The molecule has 0 radical (unpaired) electrons. The van der Waals surface area contributed by atoms with Gasteiger partial charge in [-0.25, -0.2) is 0 Å². The van der Waals surface area contributed by atoms with Crippen molar-refractivity contribution < 1.29 is 8.83 Å². The summed E-state index contributed by atoms with van der Waals surface area (Å²) in [5.41, 5.74) is 8.13. The quantitative estimate of drug-likeness (QED) is 0.759. The molecule has 0 saturated heterocycles. The van der Waals surface area contributed by atoms with Gasteiger partial charge in [0, 0.05) is 15.4 Å². The summed E-state index contributed by atoms with van der Waals surface area (Å²) in [6.45, 7) is 3.92. The maximum atomic E-state index is 6.23. The van der Waals surface area contributed by atoms with Crippen LogP contribution in [-0.4, -0.2) is 0 Å². The van der Waals surface area contributed by atoms with Crippen LogP contribution in [0.15, 0.2) is 43.6 Å². The van der Waals surface area contributed by atoms with Crippen LogP contribution in [-0.2, 0) is 0 Å². The largest absolute Gasteiger partial charge is 0.464 e. The van der Waals surface area contributed by atoms with Gasteiger partial charge in [-0.1, -0.05) is 15.9 Å². The van der Waals surface area contributed by atoms with Crippen LogP contribution in [0.2, 0.25) is 0 Å². The number of hydrogen-bond donors (Lipinski definition) is 1. The second kappa shape index (κ2) is 4.54. The highest BCUT2D eigenvalue weighted by Crippen LogP contribution is 2.33. The van der Waals surface area contributed by atoms with Crippen molar-refractivity contribution in [2.45, 2.75) is 19.9 Å². The van der Waals surface area contributed by atoms with Crippen LogP contribution in [0, 0.1) is 13.8 Å². The van der Waals surface area contributed by atoms with Gasteiger partial charge in [0.2, 0.25) is 0 Å². The van der Waals surface area contributed by atoms with Gasteiger partial charge in [-0.3, -0.25) is 0 Å². The van der Waals surface area contributed by atoms with E-state index in [1.165, 1.54) is 0 Å². The van der Waals surface area contributed by atoms with E-state index >= 15 is 0 Å². The van der Waals surface area contributed by atoms with Gasteiger partial charge in [0.15, 0.2) is 0 Å². The Kier molecular flexibility index (Phi) is 2.99. The van der Waals surface area contributed by atoms with Crippen molar-refractivity contribution in [3.8, 4) is 0 Å². The van der Waals surface area contributed by atoms with Crippen molar-refractivity contribution in [3.05, 3.63) is 57.6 Å². The first-order valence-corrected chi connectivity index (χ1v) is 6.86. The number of nitrogens with two attached hydrogens (primary N) is 1. The Morgan fingerprint density at radius 2 is 1.89 bits per heavy atom. The average molecular weight is 320 g/mol. The fraction of sp³-hybridized carbons (Fsp3) is 0.200. The second-order valence-corrected chi connectivity index (χ2v) is 5.57. The van der Waals surface area contributed by atoms with Crippen LogP contribution < -0.4 is 5.73 Å². The van der Waals surface area contributed by atoms with E-state index in [1.807, 2.05) is 44.2 Å². The van der Waals surface area contributed by atoms with Crippen LogP contribution in [0.3, 0.4) is 0 Å². The highest BCUT2D eigenvalue weighted by molar-refractivity contribution is 9.10. The van der Waals surface area contributed by atoms with Gasteiger partial charge < -0.3 is 14.6 Å². The molecular weight excluding hydrogens is 306 g/mol. The van der Waals surface area contributed by atoms with Crippen LogP contribution >= 0.6 is 15.9 Å². The number of aryl methyl sites for hydroxylation is 2. The lowest BCUT2D eigenvalue weighted by atomic mass is 10.1. The van der Waals surface area contributed by atoms with Crippen LogP contribution in [0.1, 0.15) is 28.9 Å². The van der Waals surface area contributed by atoms with Gasteiger partial charge >= 0.3 is 0 Å². The minimum atomic E-state index is -0.375. The molecule has 1 aromatic carbocycles. The second-order valence-electron chi connectivity index (χ2n) is 4.66. The molecule has 2 N–H and O–H groups in total. The molecule has 3 nitrogen and oxygen atoms in total. The van der Waals surface area contributed by atoms with Gasteiger partial charge in [-0.15, -0.1) is 0 Å². The normalized spacial score (nSPS) is 13.1. The molecule has 0 aliphatic heterocycles. The van der Waals surface area contributed by atoms with E-state index < -0.39 is 0 Å². The van der Waals surface area contributed by atoms with Crippen LogP contribution in [0.5, 0.6) is 0 Å². The van der Waals surface area contributed by atoms with Gasteiger partial charge in [0.1, 0.15) is 28.9 Å². The zero-order chi connectivity index (χ0) is 13.6. The Hall–Kier alpha value is -1.52. The fourth-order valence-electron chi connectivity index (χ4n) is 2.26. The Labute approximate surface area is 119 Å². The van der Waals surface area contributed by atoms with Crippen molar-refractivity contribution in [2.75, 3.05) is 0 Å². The monoisotopic (exact) mass is 319 g/mol. The molecule has 0 saturated carbocycles. The molecule has 3 aromatic rings. The molecule has 2 aromatic heterocycles. The first kappa shape index (κ1) is 12.5. The lowest BCUT2D eigenvalue weighted by Gasteiger charge is -2.06. The van der Waals surface area contributed by atoms with E-state index in [4.69, 9.17) is 14.6 Å². The van der Waals surface area contributed by atoms with E-state index in [1.54, 1.807) is 0 Å². The standard InChI is InChI=1S/C15H14BrNO2/c1-8-3-6-12(18-8)14(17)15-9(2)11-5-4-10(16)7-13(11)19-15/h3-7,14H,17H2,1-2H3. The molecule has 2 heterocycles. The zero-order valence-corrected chi connectivity index (χ0v) is 12.3. The molecule has 0 bridgehead atoms. The maximum absolute atomic E-state index is 6.23. The molecule has 3 rings (SSSR count). The third-order valence-corrected chi connectivity index (χ3v) is 3.78. The van der Waals surface area contributed by atoms with Crippen LogP contribution in [0.4, 0.5) is 0 Å². The lowest BCUT2D eigenvalue weighted by Crippen LogP contribution is -2.11. The van der Waals surface area contributed by atoms with Gasteiger partial charge in [0.25, 0.3) is 0 Å². The van der Waals surface area contributed by atoms with E-state index in [2.05, 4.69) is 15.9 Å². The topological polar surface area (TPSA) is 52.3 Å². The third kappa shape index (κ3) is 2.11. The smallest absolute Gasteiger partial charge is 0.135 e. The van der Waals surface area contributed by atoms with E-state index in [9.17, 15) is 0 Å². The Bertz CT molecular complexity index is 742. The van der Waals surface area contributed by atoms with E-state index in [-0.39, 0.29) is 6.04 Å². The highest BCUT2D eigenvalue weighted by Gasteiger charge is 2.21. The van der Waals surface area contributed by atoms with Gasteiger partial charge in [0.05, 0.1) is 0 Å². The first-order chi connectivity index (χ1) is 9.06. The summed E-state index contributed by atoms with van der Waals surface area (Å²) in [6.07, 6.45) is 0. The number of halogens is 1. The van der Waals surface area contributed by atoms with Crippen molar-refractivity contribution in [1.29, 1.82) is 0 Å². The Morgan fingerprint density at radius 3 is 2.58 bits per heavy atom. The van der Waals surface area contributed by atoms with E-state index in [0.717, 1.165) is 38.3 Å². The molecule has 0 spiro atoms. The Morgan fingerprint density at radius 1 is 1.11 bits per heavy atom. The van der Waals surface area contributed by atoms with E-state index in [0.29, 0.717) is 0 Å². The summed E-state index contributed by atoms with van der Waals surface area (Å²) in [5, 5.41) is 1.08. The van der Waals surface area contributed by atoms with Crippen LogP contribution in [0.25, 0.3) is 11.0 Å². The lowest BCUT2D eigenvalue weighted by molar-refractivity contribution is 0.430. The maximum Gasteiger partial charge on any atom is 0.135 e. The van der Waals surface area contributed by atoms with Crippen molar-refractivity contribution in [2.24, 2.45) is 5.73 Å². The molecule has 0 aliphatic rings. The van der Waals surface area contributed by atoms with Crippen molar-refractivity contribution in [3.63, 3.8) is 0 Å². The summed E-state index contributed by atoms with van der Waals surface area (Å²) < 4.78 is 12.5. The molecule has 0 aliphatic carbocycles.